The maximum absolute atomic E-state index is 13.5. The Kier molecular flexibility index (Phi) is 3.35. The molecule has 5 rings (SSSR count). The van der Waals surface area contributed by atoms with E-state index in [1.165, 1.54) is 40.9 Å². The SMILES string of the molecule is O=C1c2cccnc2SC2(C(=O)Nc3ccccc32)N1c1ccc(F)cc1. The van der Waals surface area contributed by atoms with Crippen LogP contribution in [0.25, 0.3) is 0 Å². The van der Waals surface area contributed by atoms with Crippen LogP contribution in [0.4, 0.5) is 15.8 Å². The van der Waals surface area contributed by atoms with E-state index in [0.717, 1.165) is 0 Å². The highest BCUT2D eigenvalue weighted by molar-refractivity contribution is 8.01. The van der Waals surface area contributed by atoms with E-state index >= 15 is 0 Å². The molecule has 1 atom stereocenters. The summed E-state index contributed by atoms with van der Waals surface area (Å²) in [4.78, 5) is 31.0. The predicted octanol–water partition coefficient (Wildman–Crippen LogP) is 3.78. The molecule has 0 aliphatic carbocycles. The van der Waals surface area contributed by atoms with Gasteiger partial charge >= 0.3 is 0 Å². The molecule has 0 saturated carbocycles. The highest BCUT2D eigenvalue weighted by atomic mass is 32.2. The second kappa shape index (κ2) is 5.65. The lowest BCUT2D eigenvalue weighted by molar-refractivity contribution is -0.118. The molecule has 0 fully saturated rings. The maximum atomic E-state index is 13.5. The van der Waals surface area contributed by atoms with Crippen molar-refractivity contribution in [2.75, 3.05) is 10.2 Å². The molecule has 132 valence electrons. The lowest BCUT2D eigenvalue weighted by atomic mass is 10.0. The number of hydrogen-bond donors (Lipinski definition) is 1. The molecule has 1 N–H and O–H groups in total. The van der Waals surface area contributed by atoms with E-state index < -0.39 is 10.7 Å². The van der Waals surface area contributed by atoms with Crippen molar-refractivity contribution >= 4 is 35.0 Å². The number of fused-ring (bicyclic) bond motifs is 3. The van der Waals surface area contributed by atoms with Gasteiger partial charge in [0.1, 0.15) is 10.8 Å². The van der Waals surface area contributed by atoms with Crippen molar-refractivity contribution in [3.05, 3.63) is 83.8 Å². The van der Waals surface area contributed by atoms with Crippen molar-refractivity contribution < 1.29 is 14.0 Å². The Labute approximate surface area is 158 Å². The van der Waals surface area contributed by atoms with Crippen molar-refractivity contribution in [3.8, 4) is 0 Å². The Hall–Kier alpha value is -3.19. The molecule has 0 radical (unpaired) electrons. The van der Waals surface area contributed by atoms with E-state index in [1.807, 2.05) is 18.2 Å². The number of thioether (sulfide) groups is 1. The molecular formula is C20H12FN3O2S. The fourth-order valence-corrected chi connectivity index (χ4v) is 4.88. The number of hydrogen-bond acceptors (Lipinski definition) is 4. The topological polar surface area (TPSA) is 62.3 Å². The summed E-state index contributed by atoms with van der Waals surface area (Å²) in [5, 5.41) is 3.36. The summed E-state index contributed by atoms with van der Waals surface area (Å²) >= 11 is 1.22. The highest BCUT2D eigenvalue weighted by Gasteiger charge is 2.58. The molecule has 3 aromatic rings. The van der Waals surface area contributed by atoms with Gasteiger partial charge in [-0.3, -0.25) is 14.5 Å². The number of nitrogens with one attached hydrogen (secondary N) is 1. The van der Waals surface area contributed by atoms with Gasteiger partial charge in [0, 0.05) is 23.1 Å². The number of para-hydroxylation sites is 1. The van der Waals surface area contributed by atoms with Crippen LogP contribution in [0.2, 0.25) is 0 Å². The maximum Gasteiger partial charge on any atom is 0.266 e. The number of benzene rings is 2. The van der Waals surface area contributed by atoms with Crippen LogP contribution in [0, 0.1) is 5.82 Å². The largest absolute Gasteiger partial charge is 0.323 e. The van der Waals surface area contributed by atoms with Gasteiger partial charge in [-0.05, 0) is 42.5 Å². The molecule has 1 aromatic heterocycles. The van der Waals surface area contributed by atoms with Gasteiger partial charge in [0.2, 0.25) is 4.87 Å². The molecule has 2 aliphatic rings. The number of rotatable bonds is 1. The Balaban J connectivity index is 1.81. The van der Waals surface area contributed by atoms with Gasteiger partial charge < -0.3 is 5.32 Å². The molecule has 27 heavy (non-hydrogen) atoms. The third-order valence-corrected chi connectivity index (χ3v) is 6.10. The minimum absolute atomic E-state index is 0.331. The van der Waals surface area contributed by atoms with Crippen LogP contribution in [0.1, 0.15) is 15.9 Å². The molecule has 1 spiro atoms. The monoisotopic (exact) mass is 377 g/mol. The first-order valence-corrected chi connectivity index (χ1v) is 9.08. The van der Waals surface area contributed by atoms with Crippen LogP contribution in [-0.2, 0) is 9.67 Å². The number of anilines is 2. The first-order chi connectivity index (χ1) is 13.1. The molecule has 2 aliphatic heterocycles. The minimum atomic E-state index is -1.34. The molecule has 3 heterocycles. The van der Waals surface area contributed by atoms with Crippen LogP contribution in [0.15, 0.2) is 71.9 Å². The summed E-state index contributed by atoms with van der Waals surface area (Å²) in [5.74, 6) is -1.10. The van der Waals surface area contributed by atoms with Crippen LogP contribution in [-0.4, -0.2) is 16.8 Å². The standard InChI is InChI=1S/C20H12FN3O2S/c21-12-7-9-13(10-8-12)24-18(25)14-4-3-11-22-17(14)27-20(24)15-5-1-2-6-16(15)23-19(20)26/h1-11H,(H,23,26). The smallest absolute Gasteiger partial charge is 0.266 e. The minimum Gasteiger partial charge on any atom is -0.323 e. The number of halogens is 1. The zero-order valence-corrected chi connectivity index (χ0v) is 14.7. The van der Waals surface area contributed by atoms with E-state index in [0.29, 0.717) is 27.5 Å². The lowest BCUT2D eigenvalue weighted by Gasteiger charge is -2.42. The van der Waals surface area contributed by atoms with E-state index in [-0.39, 0.29) is 11.8 Å². The summed E-state index contributed by atoms with van der Waals surface area (Å²) < 4.78 is 13.5. The van der Waals surface area contributed by atoms with E-state index in [2.05, 4.69) is 10.3 Å². The zero-order valence-electron chi connectivity index (χ0n) is 13.8. The molecule has 2 amide bonds. The average Bonchev–Trinajstić information content (AvgIpc) is 2.95. The summed E-state index contributed by atoms with van der Waals surface area (Å²) in [6.45, 7) is 0. The Morgan fingerprint density at radius 2 is 1.78 bits per heavy atom. The van der Waals surface area contributed by atoms with Gasteiger partial charge in [-0.25, -0.2) is 9.37 Å². The second-order valence-electron chi connectivity index (χ2n) is 6.22. The zero-order chi connectivity index (χ0) is 18.6. The highest BCUT2D eigenvalue weighted by Crippen LogP contribution is 2.55. The quantitative estimate of drug-likeness (QED) is 0.701. The Morgan fingerprint density at radius 1 is 1.00 bits per heavy atom. The van der Waals surface area contributed by atoms with Gasteiger partial charge in [-0.2, -0.15) is 0 Å². The van der Waals surface area contributed by atoms with Crippen molar-refractivity contribution in [2.24, 2.45) is 0 Å². The fourth-order valence-electron chi connectivity index (χ4n) is 3.51. The van der Waals surface area contributed by atoms with Crippen molar-refractivity contribution in [3.63, 3.8) is 0 Å². The second-order valence-corrected chi connectivity index (χ2v) is 7.40. The van der Waals surface area contributed by atoms with Crippen LogP contribution < -0.4 is 10.2 Å². The predicted molar refractivity (Wildman–Crippen MR) is 100 cm³/mol. The molecule has 0 saturated heterocycles. The average molecular weight is 377 g/mol. The van der Waals surface area contributed by atoms with Crippen LogP contribution in [0.3, 0.4) is 0 Å². The third kappa shape index (κ3) is 2.15. The van der Waals surface area contributed by atoms with Gasteiger partial charge in [0.25, 0.3) is 11.8 Å². The van der Waals surface area contributed by atoms with Crippen LogP contribution >= 0.6 is 11.8 Å². The normalized spacial score (nSPS) is 20.4. The molecule has 2 aromatic carbocycles. The lowest BCUT2D eigenvalue weighted by Crippen LogP contribution is -2.54. The summed E-state index contributed by atoms with van der Waals surface area (Å²) in [7, 11) is 0. The molecule has 5 nitrogen and oxygen atoms in total. The molecule has 0 bridgehead atoms. The number of amides is 2. The van der Waals surface area contributed by atoms with Crippen molar-refractivity contribution in [1.82, 2.24) is 4.98 Å². The van der Waals surface area contributed by atoms with Crippen molar-refractivity contribution in [1.29, 1.82) is 0 Å². The van der Waals surface area contributed by atoms with E-state index in [1.54, 1.807) is 24.4 Å². The third-order valence-electron chi connectivity index (χ3n) is 4.70. The van der Waals surface area contributed by atoms with Gasteiger partial charge in [-0.15, -0.1) is 0 Å². The van der Waals surface area contributed by atoms with Crippen molar-refractivity contribution in [2.45, 2.75) is 9.90 Å². The van der Waals surface area contributed by atoms with E-state index in [4.69, 9.17) is 0 Å². The van der Waals surface area contributed by atoms with Gasteiger partial charge in [0.15, 0.2) is 0 Å². The number of carbonyl (C=O) groups is 2. The number of aromatic nitrogens is 1. The summed E-state index contributed by atoms with van der Waals surface area (Å²) in [6.07, 6.45) is 1.60. The molecule has 1 unspecified atom stereocenters. The summed E-state index contributed by atoms with van der Waals surface area (Å²) in [6, 6.07) is 16.2. The van der Waals surface area contributed by atoms with Gasteiger partial charge in [-0.1, -0.05) is 30.0 Å². The number of nitrogens with zero attached hydrogens (tertiary/aromatic N) is 2. The number of carbonyl (C=O) groups excluding carboxylic acids is 2. The first kappa shape index (κ1) is 16.0. The summed E-state index contributed by atoms with van der Waals surface area (Å²) in [5.41, 5.74) is 2.17. The van der Waals surface area contributed by atoms with E-state index in [9.17, 15) is 14.0 Å². The number of pyridine rings is 1. The Morgan fingerprint density at radius 3 is 2.59 bits per heavy atom. The first-order valence-electron chi connectivity index (χ1n) is 8.26. The van der Waals surface area contributed by atoms with Gasteiger partial charge in [0.05, 0.1) is 5.56 Å². The fraction of sp³-hybridized carbons (Fsp3) is 0.0500. The van der Waals surface area contributed by atoms with Crippen LogP contribution in [0.5, 0.6) is 0 Å². The molecule has 7 heteroatoms. The Bertz CT molecular complexity index is 1100. The molecular weight excluding hydrogens is 365 g/mol.